The zero-order valence-electron chi connectivity index (χ0n) is 13.4. The van der Waals surface area contributed by atoms with Crippen molar-refractivity contribution >= 4 is 38.3 Å². The molecule has 0 spiro atoms. The monoisotopic (exact) mass is 419 g/mol. The molecule has 3 aromatic rings. The third-order valence-electron chi connectivity index (χ3n) is 3.38. The van der Waals surface area contributed by atoms with Crippen molar-refractivity contribution in [2.75, 3.05) is 19.5 Å². The topological polar surface area (TPSA) is 73.3 Å². The first-order valence-electron chi connectivity index (χ1n) is 7.23. The van der Waals surface area contributed by atoms with E-state index in [2.05, 4.69) is 31.4 Å². The second-order valence-electron chi connectivity index (χ2n) is 4.94. The van der Waals surface area contributed by atoms with Gasteiger partial charge in [0.05, 0.1) is 14.2 Å². The second kappa shape index (κ2) is 7.62. The van der Waals surface area contributed by atoms with E-state index in [0.717, 1.165) is 15.0 Å². The van der Waals surface area contributed by atoms with Crippen molar-refractivity contribution in [1.29, 1.82) is 0 Å². The number of carbonyl (C=O) groups excluding carboxylic acids is 1. The van der Waals surface area contributed by atoms with Gasteiger partial charge in [0.2, 0.25) is 5.13 Å². The number of nitrogens with one attached hydrogen (secondary N) is 1. The fourth-order valence-electron chi connectivity index (χ4n) is 2.13. The Bertz CT molecular complexity index is 896. The Kier molecular flexibility index (Phi) is 5.30. The average Bonchev–Trinajstić information content (AvgIpc) is 3.10. The molecule has 0 saturated heterocycles. The molecule has 25 heavy (non-hydrogen) atoms. The fraction of sp³-hybridized carbons (Fsp3) is 0.118. The summed E-state index contributed by atoms with van der Waals surface area (Å²) in [5.41, 5.74) is 1.38. The molecule has 1 aromatic heterocycles. The molecular formula is C17H14BrN3O3S. The van der Waals surface area contributed by atoms with E-state index in [-0.39, 0.29) is 5.91 Å². The number of nitrogens with zero attached hydrogens (tertiary/aromatic N) is 2. The van der Waals surface area contributed by atoms with Crippen molar-refractivity contribution in [1.82, 2.24) is 10.2 Å². The lowest BCUT2D eigenvalue weighted by Gasteiger charge is -2.08. The molecule has 0 aliphatic carbocycles. The zero-order chi connectivity index (χ0) is 17.8. The van der Waals surface area contributed by atoms with Crippen LogP contribution in [0.1, 0.15) is 10.4 Å². The van der Waals surface area contributed by atoms with Crippen LogP contribution in [0.15, 0.2) is 46.9 Å². The molecule has 0 aliphatic heterocycles. The molecule has 8 heteroatoms. The van der Waals surface area contributed by atoms with Gasteiger partial charge in [-0.05, 0) is 30.3 Å². The minimum absolute atomic E-state index is 0.292. The highest BCUT2D eigenvalue weighted by Gasteiger charge is 2.14. The van der Waals surface area contributed by atoms with Crippen LogP contribution in [0.5, 0.6) is 11.5 Å². The largest absolute Gasteiger partial charge is 0.493 e. The van der Waals surface area contributed by atoms with Crippen molar-refractivity contribution in [3.8, 4) is 22.1 Å². The number of carbonyl (C=O) groups is 1. The number of aromatic nitrogens is 2. The maximum atomic E-state index is 12.4. The second-order valence-corrected chi connectivity index (χ2v) is 6.84. The highest BCUT2D eigenvalue weighted by molar-refractivity contribution is 9.10. The molecule has 0 bridgehead atoms. The molecule has 1 amide bonds. The first-order chi connectivity index (χ1) is 12.1. The van der Waals surface area contributed by atoms with E-state index in [9.17, 15) is 4.79 Å². The Morgan fingerprint density at radius 3 is 2.44 bits per heavy atom. The number of methoxy groups -OCH3 is 2. The normalized spacial score (nSPS) is 10.4. The van der Waals surface area contributed by atoms with E-state index in [1.807, 2.05) is 24.3 Å². The molecule has 0 radical (unpaired) electrons. The van der Waals surface area contributed by atoms with Gasteiger partial charge in [-0.2, -0.15) is 0 Å². The Morgan fingerprint density at radius 2 is 1.76 bits per heavy atom. The fourth-order valence-corrected chi connectivity index (χ4v) is 3.14. The number of amides is 1. The predicted molar refractivity (Wildman–Crippen MR) is 101 cm³/mol. The van der Waals surface area contributed by atoms with Crippen LogP contribution < -0.4 is 14.8 Å². The van der Waals surface area contributed by atoms with E-state index in [0.29, 0.717) is 22.2 Å². The highest BCUT2D eigenvalue weighted by atomic mass is 79.9. The van der Waals surface area contributed by atoms with Gasteiger partial charge in [-0.25, -0.2) is 0 Å². The summed E-state index contributed by atoms with van der Waals surface area (Å²) < 4.78 is 11.4. The highest BCUT2D eigenvalue weighted by Crippen LogP contribution is 2.29. The Labute approximate surface area is 156 Å². The van der Waals surface area contributed by atoms with Gasteiger partial charge in [0.15, 0.2) is 11.5 Å². The minimum atomic E-state index is -0.292. The third-order valence-corrected chi connectivity index (χ3v) is 4.80. The lowest BCUT2D eigenvalue weighted by Crippen LogP contribution is -2.11. The first-order valence-corrected chi connectivity index (χ1v) is 8.84. The van der Waals surface area contributed by atoms with Gasteiger partial charge < -0.3 is 9.47 Å². The number of benzene rings is 2. The van der Waals surface area contributed by atoms with Gasteiger partial charge in [-0.3, -0.25) is 10.1 Å². The van der Waals surface area contributed by atoms with Gasteiger partial charge in [0.1, 0.15) is 5.01 Å². The quantitative estimate of drug-likeness (QED) is 0.669. The van der Waals surface area contributed by atoms with E-state index >= 15 is 0 Å². The first kappa shape index (κ1) is 17.4. The van der Waals surface area contributed by atoms with Crippen LogP contribution in [0.3, 0.4) is 0 Å². The molecule has 3 rings (SSSR count). The van der Waals surface area contributed by atoms with Crippen molar-refractivity contribution < 1.29 is 14.3 Å². The molecule has 0 fully saturated rings. The molecular weight excluding hydrogens is 406 g/mol. The van der Waals surface area contributed by atoms with Crippen LogP contribution in [0, 0.1) is 0 Å². The van der Waals surface area contributed by atoms with Crippen LogP contribution in [-0.2, 0) is 0 Å². The summed E-state index contributed by atoms with van der Waals surface area (Å²) in [6.45, 7) is 0. The lowest BCUT2D eigenvalue weighted by molar-refractivity contribution is 0.102. The van der Waals surface area contributed by atoms with Gasteiger partial charge in [0, 0.05) is 15.6 Å². The van der Waals surface area contributed by atoms with Crippen molar-refractivity contribution in [2.24, 2.45) is 0 Å². The third kappa shape index (κ3) is 3.97. The molecule has 0 saturated carbocycles. The van der Waals surface area contributed by atoms with Crippen molar-refractivity contribution in [2.45, 2.75) is 0 Å². The van der Waals surface area contributed by atoms with Crippen LogP contribution in [0.25, 0.3) is 10.6 Å². The number of halogens is 1. The van der Waals surface area contributed by atoms with E-state index in [4.69, 9.17) is 9.47 Å². The van der Waals surface area contributed by atoms with Crippen LogP contribution in [0.2, 0.25) is 0 Å². The number of hydrogen-bond acceptors (Lipinski definition) is 6. The summed E-state index contributed by atoms with van der Waals surface area (Å²) in [4.78, 5) is 12.4. The van der Waals surface area contributed by atoms with Crippen molar-refractivity contribution in [3.05, 3.63) is 52.5 Å². The summed E-state index contributed by atoms with van der Waals surface area (Å²) in [6, 6.07) is 12.7. The maximum Gasteiger partial charge on any atom is 0.257 e. The summed E-state index contributed by atoms with van der Waals surface area (Å²) in [5, 5.41) is 12.1. The molecule has 128 valence electrons. The van der Waals surface area contributed by atoms with Crippen LogP contribution >= 0.6 is 27.3 Å². The van der Waals surface area contributed by atoms with Crippen LogP contribution in [-0.4, -0.2) is 30.3 Å². The number of rotatable bonds is 5. The standard InChI is InChI=1S/C17H14BrN3O3S/c1-23-13-8-5-11(9-14(13)24-2)15(22)19-17-21-20-16(25-17)10-3-6-12(18)7-4-10/h3-9H,1-2H3,(H,19,21,22). The molecule has 0 unspecified atom stereocenters. The maximum absolute atomic E-state index is 12.4. The summed E-state index contributed by atoms with van der Waals surface area (Å²) >= 11 is 4.70. The average molecular weight is 420 g/mol. The Balaban J connectivity index is 1.76. The summed E-state index contributed by atoms with van der Waals surface area (Å²) in [7, 11) is 3.07. The molecule has 1 heterocycles. The van der Waals surface area contributed by atoms with Crippen molar-refractivity contribution in [3.63, 3.8) is 0 Å². The van der Waals surface area contributed by atoms with Gasteiger partial charge in [-0.15, -0.1) is 10.2 Å². The molecule has 6 nitrogen and oxygen atoms in total. The molecule has 0 aliphatic rings. The summed E-state index contributed by atoms with van der Waals surface area (Å²) in [6.07, 6.45) is 0. The van der Waals surface area contributed by atoms with E-state index in [1.54, 1.807) is 25.3 Å². The van der Waals surface area contributed by atoms with Gasteiger partial charge in [0.25, 0.3) is 5.91 Å². The number of ether oxygens (including phenoxy) is 2. The molecule has 2 aromatic carbocycles. The smallest absolute Gasteiger partial charge is 0.257 e. The van der Waals surface area contributed by atoms with E-state index in [1.165, 1.54) is 18.4 Å². The Hall–Kier alpha value is -2.45. The lowest BCUT2D eigenvalue weighted by atomic mass is 10.2. The van der Waals surface area contributed by atoms with Crippen LogP contribution in [0.4, 0.5) is 5.13 Å². The zero-order valence-corrected chi connectivity index (χ0v) is 15.8. The SMILES string of the molecule is COc1ccc(C(=O)Nc2nnc(-c3ccc(Br)cc3)s2)cc1OC. The predicted octanol–water partition coefficient (Wildman–Crippen LogP) is 4.24. The number of hydrogen-bond donors (Lipinski definition) is 1. The van der Waals surface area contributed by atoms with Gasteiger partial charge in [-0.1, -0.05) is 39.4 Å². The minimum Gasteiger partial charge on any atom is -0.493 e. The summed E-state index contributed by atoms with van der Waals surface area (Å²) in [5.74, 6) is 0.759. The molecule has 1 N–H and O–H groups in total. The van der Waals surface area contributed by atoms with E-state index < -0.39 is 0 Å². The Morgan fingerprint density at radius 1 is 1.04 bits per heavy atom. The van der Waals surface area contributed by atoms with Gasteiger partial charge >= 0.3 is 0 Å². The molecule has 0 atom stereocenters. The number of anilines is 1.